The topological polar surface area (TPSA) is 17.0 Å². The number of hydrogen-bond acceptors (Lipinski definition) is 1. The van der Waals surface area contributed by atoms with E-state index in [1.54, 1.807) is 0 Å². The van der Waals surface area contributed by atoms with Crippen molar-refractivity contribution in [2.75, 3.05) is 0 Å². The Morgan fingerprint density at radius 2 is 1.79 bits per heavy atom. The minimum Gasteiger partial charge on any atom is -0.346 e. The summed E-state index contributed by atoms with van der Waals surface area (Å²) in [6, 6.07) is 11.6. The first-order valence-corrected chi connectivity index (χ1v) is 6.99. The number of hydrogen-bond donors (Lipinski definition) is 1. The second-order valence-corrected chi connectivity index (χ2v) is 5.66. The van der Waals surface area contributed by atoms with E-state index in [1.807, 2.05) is 0 Å². The summed E-state index contributed by atoms with van der Waals surface area (Å²) in [5.41, 5.74) is 5.39. The van der Waals surface area contributed by atoms with Crippen molar-refractivity contribution in [1.82, 2.24) is 9.88 Å². The third-order valence-electron chi connectivity index (χ3n) is 3.25. The number of aromatic nitrogens is 1. The molecule has 102 valence electrons. The maximum atomic E-state index is 3.48. The zero-order valence-electron chi connectivity index (χ0n) is 12.4. The molecule has 0 spiro atoms. The van der Waals surface area contributed by atoms with Crippen LogP contribution in [0.3, 0.4) is 0 Å². The van der Waals surface area contributed by atoms with Crippen LogP contribution >= 0.6 is 0 Å². The summed E-state index contributed by atoms with van der Waals surface area (Å²) in [6.07, 6.45) is 2.16. The summed E-state index contributed by atoms with van der Waals surface area (Å²) in [6.45, 7) is 10.6. The van der Waals surface area contributed by atoms with Crippen LogP contribution in [0, 0.1) is 13.8 Å². The Balaban J connectivity index is 2.12. The van der Waals surface area contributed by atoms with Gasteiger partial charge in [-0.1, -0.05) is 43.2 Å². The van der Waals surface area contributed by atoms with Gasteiger partial charge in [0.25, 0.3) is 0 Å². The molecule has 2 rings (SSSR count). The van der Waals surface area contributed by atoms with Gasteiger partial charge in [0.2, 0.25) is 0 Å². The predicted molar refractivity (Wildman–Crippen MR) is 81.4 cm³/mol. The maximum absolute atomic E-state index is 3.48. The normalized spacial score (nSPS) is 11.2. The molecule has 2 nitrogen and oxygen atoms in total. The lowest BCUT2D eigenvalue weighted by Gasteiger charge is -2.13. The van der Waals surface area contributed by atoms with E-state index in [2.05, 4.69) is 74.1 Å². The minimum atomic E-state index is 0.518. The van der Waals surface area contributed by atoms with Crippen molar-refractivity contribution >= 4 is 0 Å². The molecule has 0 atom stereocenters. The average molecular weight is 256 g/mol. The monoisotopic (exact) mass is 256 g/mol. The van der Waals surface area contributed by atoms with Crippen LogP contribution in [0.5, 0.6) is 0 Å². The highest BCUT2D eigenvalue weighted by Crippen LogP contribution is 2.12. The van der Waals surface area contributed by atoms with Crippen molar-refractivity contribution in [3.05, 3.63) is 58.9 Å². The van der Waals surface area contributed by atoms with Gasteiger partial charge in [-0.15, -0.1) is 0 Å². The molecule has 0 aliphatic carbocycles. The lowest BCUT2D eigenvalue weighted by atomic mass is 10.1. The van der Waals surface area contributed by atoms with Gasteiger partial charge < -0.3 is 9.88 Å². The molecule has 0 aliphatic rings. The molecule has 0 bridgehead atoms. The third-order valence-corrected chi connectivity index (χ3v) is 3.25. The van der Waals surface area contributed by atoms with E-state index >= 15 is 0 Å². The summed E-state index contributed by atoms with van der Waals surface area (Å²) in [4.78, 5) is 0. The van der Waals surface area contributed by atoms with Crippen molar-refractivity contribution in [2.24, 2.45) is 0 Å². The Bertz CT molecular complexity index is 518. The third kappa shape index (κ3) is 3.97. The SMILES string of the molecule is Cc1cc(C)cc(Cn2cccc2CNC(C)C)c1. The minimum absolute atomic E-state index is 0.518. The van der Waals surface area contributed by atoms with Crippen molar-refractivity contribution in [1.29, 1.82) is 0 Å². The fraction of sp³-hybridized carbons (Fsp3) is 0.412. The molecule has 0 saturated carbocycles. The van der Waals surface area contributed by atoms with Gasteiger partial charge in [-0.3, -0.25) is 0 Å². The summed E-state index contributed by atoms with van der Waals surface area (Å²) < 4.78 is 2.32. The van der Waals surface area contributed by atoms with Crippen molar-refractivity contribution < 1.29 is 0 Å². The van der Waals surface area contributed by atoms with Crippen LogP contribution in [-0.4, -0.2) is 10.6 Å². The Morgan fingerprint density at radius 3 is 2.42 bits per heavy atom. The molecule has 0 radical (unpaired) electrons. The van der Waals surface area contributed by atoms with Crippen molar-refractivity contribution in [2.45, 2.75) is 46.8 Å². The van der Waals surface area contributed by atoms with E-state index in [-0.39, 0.29) is 0 Å². The van der Waals surface area contributed by atoms with E-state index < -0.39 is 0 Å². The fourth-order valence-electron chi connectivity index (χ4n) is 2.43. The zero-order chi connectivity index (χ0) is 13.8. The van der Waals surface area contributed by atoms with E-state index in [1.165, 1.54) is 22.4 Å². The quantitative estimate of drug-likeness (QED) is 0.864. The molecule has 1 N–H and O–H groups in total. The van der Waals surface area contributed by atoms with E-state index in [0.717, 1.165) is 13.1 Å². The van der Waals surface area contributed by atoms with E-state index in [4.69, 9.17) is 0 Å². The first-order valence-electron chi connectivity index (χ1n) is 6.99. The van der Waals surface area contributed by atoms with Crippen LogP contribution in [0.4, 0.5) is 0 Å². The molecule has 1 aromatic heterocycles. The highest BCUT2D eigenvalue weighted by atomic mass is 15.0. The Labute approximate surface area is 116 Å². The molecule has 1 aromatic carbocycles. The summed E-state index contributed by atoms with van der Waals surface area (Å²) >= 11 is 0. The second-order valence-electron chi connectivity index (χ2n) is 5.66. The van der Waals surface area contributed by atoms with Crippen LogP contribution in [0.1, 0.15) is 36.2 Å². The van der Waals surface area contributed by atoms with Crippen LogP contribution in [0.15, 0.2) is 36.5 Å². The predicted octanol–water partition coefficient (Wildman–Crippen LogP) is 3.65. The Morgan fingerprint density at radius 1 is 1.11 bits per heavy atom. The van der Waals surface area contributed by atoms with Gasteiger partial charge in [0.15, 0.2) is 0 Å². The first kappa shape index (κ1) is 13.9. The van der Waals surface area contributed by atoms with Crippen molar-refractivity contribution in [3.63, 3.8) is 0 Å². The van der Waals surface area contributed by atoms with E-state index in [9.17, 15) is 0 Å². The second kappa shape index (κ2) is 6.07. The molecule has 0 saturated heterocycles. The Hall–Kier alpha value is -1.54. The molecule has 2 heteroatoms. The van der Waals surface area contributed by atoms with Gasteiger partial charge in [0.05, 0.1) is 0 Å². The average Bonchev–Trinajstić information content (AvgIpc) is 2.72. The molecule has 19 heavy (non-hydrogen) atoms. The smallest absolute Gasteiger partial charge is 0.0473 e. The molecular weight excluding hydrogens is 232 g/mol. The molecular formula is C17H24N2. The van der Waals surface area contributed by atoms with Gasteiger partial charge in [0, 0.05) is 31.0 Å². The molecule has 0 unspecified atom stereocenters. The lowest BCUT2D eigenvalue weighted by molar-refractivity contribution is 0.564. The van der Waals surface area contributed by atoms with Gasteiger partial charge in [0.1, 0.15) is 0 Å². The maximum Gasteiger partial charge on any atom is 0.0473 e. The molecule has 0 amide bonds. The fourth-order valence-corrected chi connectivity index (χ4v) is 2.43. The first-order chi connectivity index (χ1) is 9.04. The van der Waals surface area contributed by atoms with Gasteiger partial charge in [-0.2, -0.15) is 0 Å². The number of benzene rings is 1. The summed E-state index contributed by atoms with van der Waals surface area (Å²) in [7, 11) is 0. The van der Waals surface area contributed by atoms with Gasteiger partial charge >= 0.3 is 0 Å². The highest BCUT2D eigenvalue weighted by Gasteiger charge is 2.03. The molecule has 0 aliphatic heterocycles. The number of rotatable bonds is 5. The molecule has 1 heterocycles. The van der Waals surface area contributed by atoms with Crippen LogP contribution in [0.2, 0.25) is 0 Å². The Kier molecular flexibility index (Phi) is 4.43. The summed E-state index contributed by atoms with van der Waals surface area (Å²) in [5, 5.41) is 3.48. The largest absolute Gasteiger partial charge is 0.346 e. The molecule has 0 fully saturated rings. The van der Waals surface area contributed by atoms with Gasteiger partial charge in [-0.25, -0.2) is 0 Å². The molecule has 2 aromatic rings. The zero-order valence-corrected chi connectivity index (χ0v) is 12.4. The van der Waals surface area contributed by atoms with Crippen LogP contribution in [-0.2, 0) is 13.1 Å². The van der Waals surface area contributed by atoms with Gasteiger partial charge in [-0.05, 0) is 31.5 Å². The number of aryl methyl sites for hydroxylation is 2. The highest BCUT2D eigenvalue weighted by molar-refractivity contribution is 5.29. The van der Waals surface area contributed by atoms with E-state index in [0.29, 0.717) is 6.04 Å². The number of nitrogens with zero attached hydrogens (tertiary/aromatic N) is 1. The van der Waals surface area contributed by atoms with Crippen molar-refractivity contribution in [3.8, 4) is 0 Å². The van der Waals surface area contributed by atoms with Crippen LogP contribution in [0.25, 0.3) is 0 Å². The van der Waals surface area contributed by atoms with Crippen LogP contribution < -0.4 is 5.32 Å². The summed E-state index contributed by atoms with van der Waals surface area (Å²) in [5.74, 6) is 0. The standard InChI is InChI=1S/C17H24N2/c1-13(2)18-11-17-6-5-7-19(17)12-16-9-14(3)8-15(4)10-16/h5-10,13,18H,11-12H2,1-4H3. The number of nitrogens with one attached hydrogen (secondary N) is 1. The lowest BCUT2D eigenvalue weighted by Crippen LogP contribution is -2.23.